The molecule has 1 aliphatic carbocycles. The van der Waals surface area contributed by atoms with Crippen LogP contribution in [0.15, 0.2) is 12.2 Å². The van der Waals surface area contributed by atoms with Crippen LogP contribution in [0.5, 0.6) is 0 Å². The number of carbonyl (C=O) groups excluding carboxylic acids is 1. The number of hydrogen-bond donors (Lipinski definition) is 2. The average Bonchev–Trinajstić information content (AvgIpc) is 2.57. The van der Waals surface area contributed by atoms with Gasteiger partial charge in [-0.25, -0.2) is 0 Å². The fraction of sp³-hybridized carbons (Fsp3) is 0.870. The molecule has 0 aromatic carbocycles. The van der Waals surface area contributed by atoms with Crippen LogP contribution in [-0.4, -0.2) is 52.6 Å². The standard InChI is InChI=1S/C23H41ClN2O2/c1-16(2)20(25-13-12-23(5,6)28)21(27)26-14-11-19(22(3,4)15-26)17-7-9-18(24)10-8-17/h7,9,16-20,25,28H,8,10-15H2,1-6H3/t17?,18?,19-,20-/m1/s1. The maximum absolute atomic E-state index is 13.3. The number of alkyl halides is 1. The van der Waals surface area contributed by atoms with Gasteiger partial charge in [-0.15, -0.1) is 11.6 Å². The third-order valence-electron chi connectivity index (χ3n) is 6.52. The van der Waals surface area contributed by atoms with E-state index in [9.17, 15) is 9.90 Å². The van der Waals surface area contributed by atoms with Crippen LogP contribution in [0.4, 0.5) is 0 Å². The Morgan fingerprint density at radius 1 is 1.29 bits per heavy atom. The molecule has 0 saturated carbocycles. The van der Waals surface area contributed by atoms with E-state index in [0.717, 1.165) is 32.4 Å². The molecule has 1 heterocycles. The lowest BCUT2D eigenvalue weighted by molar-refractivity contribution is -0.139. The van der Waals surface area contributed by atoms with E-state index >= 15 is 0 Å². The van der Waals surface area contributed by atoms with E-state index in [1.54, 1.807) is 13.8 Å². The molecule has 162 valence electrons. The van der Waals surface area contributed by atoms with Gasteiger partial charge in [0.2, 0.25) is 5.91 Å². The van der Waals surface area contributed by atoms with Crippen LogP contribution in [0.25, 0.3) is 0 Å². The van der Waals surface area contributed by atoms with E-state index < -0.39 is 5.60 Å². The van der Waals surface area contributed by atoms with Crippen molar-refractivity contribution in [3.05, 3.63) is 12.2 Å². The Bertz CT molecular complexity index is 553. The molecule has 2 aliphatic rings. The molecule has 2 N–H and O–H groups in total. The molecule has 2 unspecified atom stereocenters. The fourth-order valence-electron chi connectivity index (χ4n) is 4.84. The number of piperidine rings is 1. The zero-order valence-corrected chi connectivity index (χ0v) is 19.4. The monoisotopic (exact) mass is 412 g/mol. The summed E-state index contributed by atoms with van der Waals surface area (Å²) in [5.41, 5.74) is -0.621. The van der Waals surface area contributed by atoms with Crippen molar-refractivity contribution < 1.29 is 9.90 Å². The molecule has 2 rings (SSSR count). The van der Waals surface area contributed by atoms with Crippen LogP contribution in [0.2, 0.25) is 0 Å². The topological polar surface area (TPSA) is 52.6 Å². The number of rotatable bonds is 7. The number of nitrogens with zero attached hydrogens (tertiary/aromatic N) is 1. The van der Waals surface area contributed by atoms with Crippen molar-refractivity contribution in [2.45, 2.75) is 84.2 Å². The van der Waals surface area contributed by atoms with Gasteiger partial charge in [0.25, 0.3) is 0 Å². The summed E-state index contributed by atoms with van der Waals surface area (Å²) < 4.78 is 0. The van der Waals surface area contributed by atoms with E-state index in [4.69, 9.17) is 11.6 Å². The highest BCUT2D eigenvalue weighted by Crippen LogP contribution is 2.43. The summed E-state index contributed by atoms with van der Waals surface area (Å²) in [7, 11) is 0. The van der Waals surface area contributed by atoms with Crippen molar-refractivity contribution in [2.75, 3.05) is 19.6 Å². The van der Waals surface area contributed by atoms with Crippen molar-refractivity contribution >= 4 is 17.5 Å². The second-order valence-electron chi connectivity index (χ2n) is 10.5. The highest BCUT2D eigenvalue weighted by atomic mass is 35.5. The van der Waals surface area contributed by atoms with Gasteiger partial charge in [-0.3, -0.25) is 4.79 Å². The first-order chi connectivity index (χ1) is 12.9. The maximum atomic E-state index is 13.3. The van der Waals surface area contributed by atoms with E-state index in [1.165, 1.54) is 0 Å². The predicted molar refractivity (Wildman–Crippen MR) is 118 cm³/mol. The first-order valence-corrected chi connectivity index (χ1v) is 11.4. The minimum atomic E-state index is -0.715. The van der Waals surface area contributed by atoms with Crippen molar-refractivity contribution in [1.29, 1.82) is 0 Å². The zero-order chi connectivity index (χ0) is 21.1. The summed E-state index contributed by atoms with van der Waals surface area (Å²) in [5.74, 6) is 1.60. The lowest BCUT2D eigenvalue weighted by Crippen LogP contribution is -2.56. The summed E-state index contributed by atoms with van der Waals surface area (Å²) in [6, 6.07) is -0.193. The number of carbonyl (C=O) groups is 1. The lowest BCUT2D eigenvalue weighted by atomic mass is 9.65. The summed E-state index contributed by atoms with van der Waals surface area (Å²) in [6.45, 7) is 14.7. The van der Waals surface area contributed by atoms with Gasteiger partial charge in [0.1, 0.15) is 0 Å². The average molecular weight is 413 g/mol. The molecule has 1 amide bonds. The van der Waals surface area contributed by atoms with Gasteiger partial charge in [-0.1, -0.05) is 39.8 Å². The van der Waals surface area contributed by atoms with Crippen LogP contribution < -0.4 is 5.32 Å². The largest absolute Gasteiger partial charge is 0.390 e. The molecule has 0 aromatic rings. The Morgan fingerprint density at radius 3 is 2.46 bits per heavy atom. The van der Waals surface area contributed by atoms with E-state index in [2.05, 4.69) is 50.1 Å². The smallest absolute Gasteiger partial charge is 0.239 e. The van der Waals surface area contributed by atoms with Gasteiger partial charge in [0, 0.05) is 13.1 Å². The third-order valence-corrected chi connectivity index (χ3v) is 6.88. The second-order valence-corrected chi connectivity index (χ2v) is 11.1. The highest BCUT2D eigenvalue weighted by Gasteiger charge is 2.42. The number of nitrogens with one attached hydrogen (secondary N) is 1. The number of halogens is 1. The first-order valence-electron chi connectivity index (χ1n) is 11.0. The Morgan fingerprint density at radius 2 is 1.96 bits per heavy atom. The molecular weight excluding hydrogens is 372 g/mol. The summed E-state index contributed by atoms with van der Waals surface area (Å²) >= 11 is 6.23. The molecule has 28 heavy (non-hydrogen) atoms. The summed E-state index contributed by atoms with van der Waals surface area (Å²) in [6.07, 6.45) is 8.37. The van der Waals surface area contributed by atoms with Gasteiger partial charge in [-0.2, -0.15) is 0 Å². The summed E-state index contributed by atoms with van der Waals surface area (Å²) in [5, 5.41) is 13.5. The van der Waals surface area contributed by atoms with Crippen LogP contribution in [0.3, 0.4) is 0 Å². The van der Waals surface area contributed by atoms with Gasteiger partial charge in [0.15, 0.2) is 0 Å². The number of amides is 1. The van der Waals surface area contributed by atoms with E-state index in [-0.39, 0.29) is 28.7 Å². The van der Waals surface area contributed by atoms with Crippen LogP contribution >= 0.6 is 11.6 Å². The molecule has 1 aliphatic heterocycles. The molecule has 0 radical (unpaired) electrons. The number of aliphatic hydroxyl groups is 1. The Hall–Kier alpha value is -0.580. The van der Waals surface area contributed by atoms with Crippen LogP contribution in [-0.2, 0) is 4.79 Å². The Labute approximate surface area is 177 Å². The highest BCUT2D eigenvalue weighted by molar-refractivity contribution is 6.21. The van der Waals surface area contributed by atoms with Crippen LogP contribution in [0.1, 0.15) is 67.2 Å². The molecule has 4 atom stereocenters. The summed E-state index contributed by atoms with van der Waals surface area (Å²) in [4.78, 5) is 15.3. The van der Waals surface area contributed by atoms with Crippen molar-refractivity contribution in [3.63, 3.8) is 0 Å². The molecule has 0 aromatic heterocycles. The normalized spacial score (nSPS) is 29.2. The van der Waals surface area contributed by atoms with Gasteiger partial charge in [-0.05, 0) is 69.2 Å². The zero-order valence-electron chi connectivity index (χ0n) is 18.7. The maximum Gasteiger partial charge on any atom is 0.239 e. The second kappa shape index (κ2) is 9.49. The minimum absolute atomic E-state index is 0.0939. The minimum Gasteiger partial charge on any atom is -0.390 e. The number of allylic oxidation sites excluding steroid dienone is 2. The molecular formula is C23H41ClN2O2. The molecule has 1 saturated heterocycles. The van der Waals surface area contributed by atoms with E-state index in [1.807, 2.05) is 0 Å². The number of likely N-dealkylation sites (tertiary alicyclic amines) is 1. The van der Waals surface area contributed by atoms with Crippen molar-refractivity contribution in [2.24, 2.45) is 23.2 Å². The molecule has 1 fully saturated rings. The van der Waals surface area contributed by atoms with Crippen LogP contribution in [0, 0.1) is 23.2 Å². The molecule has 4 nitrogen and oxygen atoms in total. The lowest BCUT2D eigenvalue weighted by Gasteiger charge is -2.48. The fourth-order valence-corrected chi connectivity index (χ4v) is 5.05. The SMILES string of the molecule is CC(C)[C@@H](NCCC(C)(C)O)C(=O)N1CC[C@H](C2C=CC(Cl)CC2)C(C)(C)C1. The van der Waals surface area contributed by atoms with Gasteiger partial charge >= 0.3 is 0 Å². The van der Waals surface area contributed by atoms with Gasteiger partial charge in [0.05, 0.1) is 17.0 Å². The molecule has 5 heteroatoms. The Kier molecular flexibility index (Phi) is 8.03. The predicted octanol–water partition coefficient (Wildman–Crippen LogP) is 4.21. The van der Waals surface area contributed by atoms with Crippen molar-refractivity contribution in [3.8, 4) is 0 Å². The molecule has 0 spiro atoms. The number of hydrogen-bond acceptors (Lipinski definition) is 3. The van der Waals surface area contributed by atoms with Gasteiger partial charge < -0.3 is 15.3 Å². The Balaban J connectivity index is 1.99. The quantitative estimate of drug-likeness (QED) is 0.486. The van der Waals surface area contributed by atoms with Crippen molar-refractivity contribution in [1.82, 2.24) is 10.2 Å². The third kappa shape index (κ3) is 6.47. The first kappa shape index (κ1) is 23.7. The molecule has 0 bridgehead atoms. The van der Waals surface area contributed by atoms with E-state index in [0.29, 0.717) is 24.8 Å².